The number of aromatic nitrogens is 2. The summed E-state index contributed by atoms with van der Waals surface area (Å²) >= 11 is 0. The first-order chi connectivity index (χ1) is 8.92. The average Bonchev–Trinajstić information content (AvgIpc) is 2.94. The molecule has 2 heterocycles. The lowest BCUT2D eigenvalue weighted by Gasteiger charge is -2.12. The van der Waals surface area contributed by atoms with E-state index < -0.39 is 0 Å². The second-order valence-corrected chi connectivity index (χ2v) is 4.50. The zero-order valence-electron chi connectivity index (χ0n) is 10.1. The van der Waals surface area contributed by atoms with E-state index >= 15 is 0 Å². The molecule has 0 spiro atoms. The Hall–Kier alpha value is -1.94. The fourth-order valence-electron chi connectivity index (χ4n) is 2.15. The number of anilines is 1. The van der Waals surface area contributed by atoms with Gasteiger partial charge in [0, 0.05) is 18.2 Å². The summed E-state index contributed by atoms with van der Waals surface area (Å²) in [6.07, 6.45) is 4.86. The lowest BCUT2D eigenvalue weighted by atomic mass is 10.2. The Morgan fingerprint density at radius 2 is 1.89 bits per heavy atom. The largest absolute Gasteiger partial charge is 0.378 e. The van der Waals surface area contributed by atoms with Gasteiger partial charge in [-0.1, -0.05) is 30.3 Å². The molecule has 1 aromatic heterocycles. The van der Waals surface area contributed by atoms with Gasteiger partial charge in [0.1, 0.15) is 0 Å². The van der Waals surface area contributed by atoms with Crippen LogP contribution in [0.1, 0.15) is 6.42 Å². The maximum atomic E-state index is 4.40. The summed E-state index contributed by atoms with van der Waals surface area (Å²) < 4.78 is 0. The van der Waals surface area contributed by atoms with Gasteiger partial charge in [0.25, 0.3) is 0 Å². The van der Waals surface area contributed by atoms with Gasteiger partial charge in [-0.2, -0.15) is 0 Å². The highest BCUT2D eigenvalue weighted by Crippen LogP contribution is 2.15. The van der Waals surface area contributed by atoms with E-state index in [2.05, 4.69) is 20.6 Å². The summed E-state index contributed by atoms with van der Waals surface area (Å²) in [5.41, 5.74) is 2.04. The number of benzene rings is 1. The summed E-state index contributed by atoms with van der Waals surface area (Å²) in [6.45, 7) is 2.10. The van der Waals surface area contributed by atoms with E-state index in [1.165, 1.54) is 0 Å². The van der Waals surface area contributed by atoms with Gasteiger partial charge in [0.15, 0.2) is 5.82 Å². The zero-order valence-corrected chi connectivity index (χ0v) is 10.1. The standard InChI is InChI=1S/C14H16N4/c1-2-4-11(5-3-1)14-16-9-13(10-17-14)18-12-6-7-15-8-12/h1-5,9-10,12,15,18H,6-8H2. The third-order valence-electron chi connectivity index (χ3n) is 3.11. The molecule has 2 N–H and O–H groups in total. The second-order valence-electron chi connectivity index (χ2n) is 4.50. The summed E-state index contributed by atoms with van der Waals surface area (Å²) in [5.74, 6) is 0.769. The Bertz CT molecular complexity index is 489. The van der Waals surface area contributed by atoms with Crippen LogP contribution in [0.2, 0.25) is 0 Å². The molecule has 0 radical (unpaired) electrons. The first-order valence-electron chi connectivity index (χ1n) is 6.26. The molecule has 92 valence electrons. The minimum Gasteiger partial charge on any atom is -0.378 e. The minimum atomic E-state index is 0.496. The molecule has 1 fully saturated rings. The maximum Gasteiger partial charge on any atom is 0.159 e. The summed E-state index contributed by atoms with van der Waals surface area (Å²) in [6, 6.07) is 10.5. The van der Waals surface area contributed by atoms with Gasteiger partial charge in [0.2, 0.25) is 0 Å². The van der Waals surface area contributed by atoms with Crippen LogP contribution in [0.25, 0.3) is 11.4 Å². The molecule has 4 heteroatoms. The molecule has 1 aliphatic heterocycles. The smallest absolute Gasteiger partial charge is 0.159 e. The number of hydrogen-bond acceptors (Lipinski definition) is 4. The van der Waals surface area contributed by atoms with Gasteiger partial charge >= 0.3 is 0 Å². The quantitative estimate of drug-likeness (QED) is 0.860. The predicted octanol–water partition coefficient (Wildman–Crippen LogP) is 1.92. The fraction of sp³-hybridized carbons (Fsp3) is 0.286. The number of nitrogens with one attached hydrogen (secondary N) is 2. The molecular weight excluding hydrogens is 224 g/mol. The van der Waals surface area contributed by atoms with Crippen LogP contribution in [0.3, 0.4) is 0 Å². The SMILES string of the molecule is c1ccc(-c2ncc(NC3CCNC3)cn2)cc1. The Labute approximate surface area is 106 Å². The molecule has 0 amide bonds. The van der Waals surface area contributed by atoms with E-state index in [-0.39, 0.29) is 0 Å². The van der Waals surface area contributed by atoms with Crippen molar-refractivity contribution in [3.63, 3.8) is 0 Å². The molecule has 18 heavy (non-hydrogen) atoms. The van der Waals surface area contributed by atoms with Crippen LogP contribution in [0.4, 0.5) is 5.69 Å². The molecule has 0 saturated carbocycles. The highest BCUT2D eigenvalue weighted by Gasteiger charge is 2.13. The summed E-state index contributed by atoms with van der Waals surface area (Å²) in [5, 5.41) is 6.76. The lowest BCUT2D eigenvalue weighted by molar-refractivity contribution is 0.791. The van der Waals surface area contributed by atoms with Crippen molar-refractivity contribution in [3.8, 4) is 11.4 Å². The molecular formula is C14H16N4. The first kappa shape index (κ1) is 11.2. The number of rotatable bonds is 3. The Kier molecular flexibility index (Phi) is 3.19. The fourth-order valence-corrected chi connectivity index (χ4v) is 2.15. The molecule has 1 atom stereocenters. The number of hydrogen-bond donors (Lipinski definition) is 2. The van der Waals surface area contributed by atoms with Crippen molar-refractivity contribution < 1.29 is 0 Å². The highest BCUT2D eigenvalue weighted by molar-refractivity contribution is 5.55. The lowest BCUT2D eigenvalue weighted by Crippen LogP contribution is -2.22. The van der Waals surface area contributed by atoms with Crippen LogP contribution in [0.5, 0.6) is 0 Å². The molecule has 1 unspecified atom stereocenters. The van der Waals surface area contributed by atoms with E-state index in [9.17, 15) is 0 Å². The van der Waals surface area contributed by atoms with E-state index in [1.807, 2.05) is 42.7 Å². The molecule has 2 aromatic rings. The van der Waals surface area contributed by atoms with Crippen LogP contribution >= 0.6 is 0 Å². The van der Waals surface area contributed by atoms with Gasteiger partial charge < -0.3 is 10.6 Å². The van der Waals surface area contributed by atoms with Gasteiger partial charge in [-0.05, 0) is 13.0 Å². The second kappa shape index (κ2) is 5.14. The van der Waals surface area contributed by atoms with Crippen molar-refractivity contribution >= 4 is 5.69 Å². The Morgan fingerprint density at radius 3 is 2.56 bits per heavy atom. The maximum absolute atomic E-state index is 4.40. The zero-order chi connectivity index (χ0) is 12.2. The third kappa shape index (κ3) is 2.49. The van der Waals surface area contributed by atoms with Crippen molar-refractivity contribution in [3.05, 3.63) is 42.7 Å². The normalized spacial score (nSPS) is 18.8. The summed E-state index contributed by atoms with van der Waals surface area (Å²) in [4.78, 5) is 8.79. The molecule has 1 aromatic carbocycles. The van der Waals surface area contributed by atoms with E-state index in [0.717, 1.165) is 36.6 Å². The molecule has 3 rings (SSSR count). The monoisotopic (exact) mass is 240 g/mol. The molecule has 0 aliphatic carbocycles. The topological polar surface area (TPSA) is 49.8 Å². The van der Waals surface area contributed by atoms with E-state index in [1.54, 1.807) is 0 Å². The van der Waals surface area contributed by atoms with Crippen molar-refractivity contribution in [1.29, 1.82) is 0 Å². The molecule has 0 bridgehead atoms. The van der Waals surface area contributed by atoms with Crippen LogP contribution in [0, 0.1) is 0 Å². The highest BCUT2D eigenvalue weighted by atomic mass is 15.0. The van der Waals surface area contributed by atoms with Crippen LogP contribution in [0.15, 0.2) is 42.7 Å². The van der Waals surface area contributed by atoms with Crippen LogP contribution in [-0.2, 0) is 0 Å². The van der Waals surface area contributed by atoms with Gasteiger partial charge in [-0.3, -0.25) is 0 Å². The Balaban J connectivity index is 1.72. The van der Waals surface area contributed by atoms with Crippen LogP contribution < -0.4 is 10.6 Å². The number of nitrogens with zero attached hydrogens (tertiary/aromatic N) is 2. The molecule has 1 aliphatic rings. The van der Waals surface area contributed by atoms with Crippen molar-refractivity contribution in [2.45, 2.75) is 12.5 Å². The van der Waals surface area contributed by atoms with Crippen molar-refractivity contribution in [2.24, 2.45) is 0 Å². The minimum absolute atomic E-state index is 0.496. The third-order valence-corrected chi connectivity index (χ3v) is 3.11. The van der Waals surface area contributed by atoms with E-state index in [4.69, 9.17) is 0 Å². The summed E-state index contributed by atoms with van der Waals surface area (Å²) in [7, 11) is 0. The van der Waals surface area contributed by atoms with Gasteiger partial charge in [0.05, 0.1) is 18.1 Å². The van der Waals surface area contributed by atoms with E-state index in [0.29, 0.717) is 6.04 Å². The Morgan fingerprint density at radius 1 is 1.11 bits per heavy atom. The van der Waals surface area contributed by atoms with Crippen molar-refractivity contribution in [1.82, 2.24) is 15.3 Å². The van der Waals surface area contributed by atoms with Gasteiger partial charge in [-0.25, -0.2) is 9.97 Å². The molecule has 4 nitrogen and oxygen atoms in total. The van der Waals surface area contributed by atoms with Crippen LogP contribution in [-0.4, -0.2) is 29.1 Å². The first-order valence-corrected chi connectivity index (χ1v) is 6.26. The average molecular weight is 240 g/mol. The molecule has 1 saturated heterocycles. The van der Waals surface area contributed by atoms with Gasteiger partial charge in [-0.15, -0.1) is 0 Å². The predicted molar refractivity (Wildman–Crippen MR) is 72.4 cm³/mol. The van der Waals surface area contributed by atoms with Crippen molar-refractivity contribution in [2.75, 3.05) is 18.4 Å².